The van der Waals surface area contributed by atoms with Gasteiger partial charge in [0.25, 0.3) is 0 Å². The van der Waals surface area contributed by atoms with Gasteiger partial charge in [-0.2, -0.15) is 0 Å². The quantitative estimate of drug-likeness (QED) is 0.582. The number of anilines is 2. The van der Waals surface area contributed by atoms with Crippen molar-refractivity contribution < 1.29 is 9.64 Å². The van der Waals surface area contributed by atoms with Crippen molar-refractivity contribution in [1.29, 1.82) is 0 Å². The number of aryl methyl sites for hydroxylation is 2. The van der Waals surface area contributed by atoms with Crippen molar-refractivity contribution in [3.63, 3.8) is 0 Å². The zero-order valence-electron chi connectivity index (χ0n) is 17.6. The zero-order chi connectivity index (χ0) is 20.7. The summed E-state index contributed by atoms with van der Waals surface area (Å²) in [5.41, 5.74) is 3.75. The third kappa shape index (κ3) is 4.13. The van der Waals surface area contributed by atoms with E-state index in [1.807, 2.05) is 11.3 Å². The maximum atomic E-state index is 5.52. The van der Waals surface area contributed by atoms with Crippen LogP contribution in [-0.2, 0) is 24.1 Å². The fourth-order valence-corrected chi connectivity index (χ4v) is 6.12. The Morgan fingerprint density at radius 2 is 2.10 bits per heavy atom. The summed E-state index contributed by atoms with van der Waals surface area (Å²) in [5.74, 6) is 2.65. The van der Waals surface area contributed by atoms with E-state index in [9.17, 15) is 0 Å². The molecular weight excluding hydrogens is 460 g/mol. The number of morpholine rings is 1. The number of nitrogens with zero attached hydrogens (tertiary/aromatic N) is 2. The van der Waals surface area contributed by atoms with Gasteiger partial charge in [0, 0.05) is 15.0 Å². The fraction of sp³-hybridized carbons (Fsp3) is 0.478. The molecule has 1 fully saturated rings. The van der Waals surface area contributed by atoms with Crippen LogP contribution >= 0.6 is 27.3 Å². The van der Waals surface area contributed by atoms with Gasteiger partial charge in [0.1, 0.15) is 30.3 Å². The molecule has 0 bridgehead atoms. The Hall–Kier alpha value is -1.54. The van der Waals surface area contributed by atoms with Crippen LogP contribution in [0, 0.1) is 12.8 Å². The van der Waals surface area contributed by atoms with Gasteiger partial charge in [-0.3, -0.25) is 0 Å². The van der Waals surface area contributed by atoms with Gasteiger partial charge in [-0.05, 0) is 61.4 Å². The molecule has 0 unspecified atom stereocenters. The lowest BCUT2D eigenvalue weighted by Gasteiger charge is -2.23. The molecule has 5 rings (SSSR count). The number of benzene rings is 1. The van der Waals surface area contributed by atoms with Gasteiger partial charge in [0.2, 0.25) is 0 Å². The third-order valence-electron chi connectivity index (χ3n) is 6.23. The van der Waals surface area contributed by atoms with Crippen molar-refractivity contribution in [2.24, 2.45) is 5.92 Å². The normalized spacial score (nSPS) is 19.8. The Balaban J connectivity index is 1.56. The first kappa shape index (κ1) is 20.4. The molecule has 30 heavy (non-hydrogen) atoms. The molecule has 2 N–H and O–H groups in total. The summed E-state index contributed by atoms with van der Waals surface area (Å²) in [6, 6.07) is 6.38. The molecule has 5 nitrogen and oxygen atoms in total. The van der Waals surface area contributed by atoms with Crippen molar-refractivity contribution in [3.05, 3.63) is 44.5 Å². The second kappa shape index (κ2) is 8.54. The lowest BCUT2D eigenvalue weighted by molar-refractivity contribution is -0.922. The topological polar surface area (TPSA) is 51.5 Å². The van der Waals surface area contributed by atoms with Gasteiger partial charge in [-0.25, -0.2) is 9.97 Å². The predicted molar refractivity (Wildman–Crippen MR) is 126 cm³/mol. The summed E-state index contributed by atoms with van der Waals surface area (Å²) in [6.07, 6.45) is 3.54. The summed E-state index contributed by atoms with van der Waals surface area (Å²) >= 11 is 5.48. The van der Waals surface area contributed by atoms with Crippen LogP contribution in [0.4, 0.5) is 11.5 Å². The summed E-state index contributed by atoms with van der Waals surface area (Å²) in [5, 5.41) is 4.88. The lowest BCUT2D eigenvalue weighted by atomic mass is 9.89. The van der Waals surface area contributed by atoms with Crippen LogP contribution in [0.25, 0.3) is 10.2 Å². The highest BCUT2D eigenvalue weighted by Gasteiger charge is 2.25. The Morgan fingerprint density at radius 1 is 1.27 bits per heavy atom. The summed E-state index contributed by atoms with van der Waals surface area (Å²) < 4.78 is 6.65. The van der Waals surface area contributed by atoms with Crippen molar-refractivity contribution in [3.8, 4) is 0 Å². The van der Waals surface area contributed by atoms with E-state index in [4.69, 9.17) is 14.7 Å². The number of rotatable bonds is 4. The number of aromatic nitrogens is 2. The highest BCUT2D eigenvalue weighted by atomic mass is 79.9. The molecule has 0 radical (unpaired) electrons. The molecule has 0 amide bonds. The van der Waals surface area contributed by atoms with Gasteiger partial charge in [0.15, 0.2) is 5.82 Å². The summed E-state index contributed by atoms with van der Waals surface area (Å²) in [4.78, 5) is 14.2. The number of fused-ring (bicyclic) bond motifs is 3. The second-order valence-electron chi connectivity index (χ2n) is 8.65. The fourth-order valence-electron chi connectivity index (χ4n) is 4.48. The maximum Gasteiger partial charge on any atom is 0.187 e. The molecule has 1 aromatic carbocycles. The molecule has 2 aromatic heterocycles. The van der Waals surface area contributed by atoms with Crippen LogP contribution in [0.15, 0.2) is 22.7 Å². The Kier molecular flexibility index (Phi) is 5.79. The van der Waals surface area contributed by atoms with Crippen molar-refractivity contribution in [1.82, 2.24) is 9.97 Å². The number of nitrogens with one attached hydrogen (secondary N) is 2. The zero-order valence-corrected chi connectivity index (χ0v) is 20.0. The second-order valence-corrected chi connectivity index (χ2v) is 10.6. The number of hydrogen-bond acceptors (Lipinski definition) is 5. The van der Waals surface area contributed by atoms with E-state index in [0.29, 0.717) is 0 Å². The minimum absolute atomic E-state index is 0.751. The number of ether oxygens (including phenoxy) is 1. The van der Waals surface area contributed by atoms with E-state index in [-0.39, 0.29) is 0 Å². The van der Waals surface area contributed by atoms with Gasteiger partial charge < -0.3 is 15.0 Å². The van der Waals surface area contributed by atoms with Crippen LogP contribution < -0.4 is 10.2 Å². The number of halogens is 1. The number of thiophene rings is 1. The lowest BCUT2D eigenvalue weighted by Crippen LogP contribution is -3.12. The average molecular weight is 488 g/mol. The van der Waals surface area contributed by atoms with Gasteiger partial charge in [-0.1, -0.05) is 22.9 Å². The van der Waals surface area contributed by atoms with Crippen molar-refractivity contribution in [2.45, 2.75) is 39.7 Å². The predicted octanol–water partition coefficient (Wildman–Crippen LogP) is 4.05. The van der Waals surface area contributed by atoms with Gasteiger partial charge in [-0.15, -0.1) is 11.3 Å². The Bertz CT molecular complexity index is 1080. The van der Waals surface area contributed by atoms with Crippen LogP contribution in [-0.4, -0.2) is 36.3 Å². The van der Waals surface area contributed by atoms with Crippen LogP contribution in [0.1, 0.15) is 35.2 Å². The molecule has 7 heteroatoms. The first-order valence-corrected chi connectivity index (χ1v) is 12.4. The summed E-state index contributed by atoms with van der Waals surface area (Å²) in [7, 11) is 0. The first-order valence-electron chi connectivity index (χ1n) is 10.8. The van der Waals surface area contributed by atoms with Crippen LogP contribution in [0.3, 0.4) is 0 Å². The molecule has 1 aliphatic carbocycles. The smallest absolute Gasteiger partial charge is 0.187 e. The molecule has 1 aliphatic heterocycles. The van der Waals surface area contributed by atoms with E-state index < -0.39 is 0 Å². The molecule has 0 spiro atoms. The van der Waals surface area contributed by atoms with Crippen LogP contribution in [0.2, 0.25) is 0 Å². The molecule has 3 heterocycles. The highest BCUT2D eigenvalue weighted by molar-refractivity contribution is 9.10. The van der Waals surface area contributed by atoms with Crippen molar-refractivity contribution in [2.75, 3.05) is 31.6 Å². The van der Waals surface area contributed by atoms with Crippen LogP contribution in [0.5, 0.6) is 0 Å². The minimum atomic E-state index is 0.751. The molecule has 158 valence electrons. The largest absolute Gasteiger partial charge is 0.370 e. The van der Waals surface area contributed by atoms with E-state index in [1.54, 1.807) is 0 Å². The van der Waals surface area contributed by atoms with E-state index in [2.05, 4.69) is 53.3 Å². The van der Waals surface area contributed by atoms with E-state index >= 15 is 0 Å². The summed E-state index contributed by atoms with van der Waals surface area (Å²) in [6.45, 7) is 9.02. The number of hydrogen-bond donors (Lipinski definition) is 2. The van der Waals surface area contributed by atoms with E-state index in [1.165, 1.54) is 32.7 Å². The Morgan fingerprint density at radius 3 is 2.90 bits per heavy atom. The van der Waals surface area contributed by atoms with E-state index in [0.717, 1.165) is 78.2 Å². The molecule has 1 saturated heterocycles. The van der Waals surface area contributed by atoms with Gasteiger partial charge in [0.05, 0.1) is 18.6 Å². The third-order valence-corrected chi connectivity index (χ3v) is 8.27. The molecule has 3 aromatic rings. The maximum absolute atomic E-state index is 5.52. The molecule has 1 atom stereocenters. The number of quaternary nitrogens is 1. The van der Waals surface area contributed by atoms with Crippen molar-refractivity contribution >= 4 is 49.0 Å². The molecular formula is C23H28BrN4OS+. The monoisotopic (exact) mass is 487 g/mol. The highest BCUT2D eigenvalue weighted by Crippen LogP contribution is 2.40. The Labute approximate surface area is 190 Å². The molecule has 2 aliphatic rings. The SMILES string of the molecule is Cc1cc(Nc2nc(C[NH+]3CCOCC3)nc3sc4c(c23)CC[C@@H](C)C4)ccc1Br. The van der Waals surface area contributed by atoms with Gasteiger partial charge >= 0.3 is 0 Å². The minimum Gasteiger partial charge on any atom is -0.370 e. The first-order chi connectivity index (χ1) is 14.6. The molecule has 0 saturated carbocycles. The average Bonchev–Trinajstić information content (AvgIpc) is 3.09. The standard InChI is InChI=1S/C23H27BrN4OS/c1-14-3-5-17-19(11-14)30-23-21(17)22(25-16-4-6-18(24)15(2)12-16)26-20(27-23)13-28-7-9-29-10-8-28/h4,6,12,14H,3,5,7-11,13H2,1-2H3,(H,25,26,27)/p+1/t14-/m1/s1.